The average molecular weight is 655 g/mol. The molecule has 8 nitrogen and oxygen atoms in total. The summed E-state index contributed by atoms with van der Waals surface area (Å²) >= 11 is 8.32. The van der Waals surface area contributed by atoms with E-state index in [0.717, 1.165) is 22.0 Å². The lowest BCUT2D eigenvalue weighted by Crippen LogP contribution is -2.49. The second-order valence-corrected chi connectivity index (χ2v) is 13.6. The fourth-order valence-corrected chi connectivity index (χ4v) is 6.62. The van der Waals surface area contributed by atoms with Gasteiger partial charge in [-0.1, -0.05) is 36.7 Å². The molecule has 0 N–H and O–H groups in total. The third-order valence-electron chi connectivity index (χ3n) is 6.85. The quantitative estimate of drug-likeness (QED) is 0.337. The van der Waals surface area contributed by atoms with Gasteiger partial charge in [-0.05, 0) is 71.3 Å². The van der Waals surface area contributed by atoms with E-state index in [0.29, 0.717) is 49.2 Å². The van der Waals surface area contributed by atoms with Gasteiger partial charge in [0.25, 0.3) is 0 Å². The second-order valence-electron chi connectivity index (χ2n) is 9.93. The molecule has 0 spiro atoms. The first kappa shape index (κ1) is 26.5. The SMILES string of the molecule is CC1(COc2c(N3CCN(S(=O)(=O)Cc4cccc(I)c4)CC3)cnn(-c3cccc(Cl)c3)c2=O)CC1. The molecule has 1 saturated heterocycles. The first-order valence-corrected chi connectivity index (χ1v) is 15.2. The molecule has 1 aromatic heterocycles. The predicted octanol–water partition coefficient (Wildman–Crippen LogP) is 4.32. The van der Waals surface area contributed by atoms with Crippen LogP contribution in [-0.2, 0) is 15.8 Å². The van der Waals surface area contributed by atoms with Gasteiger partial charge in [0, 0.05) is 40.2 Å². The lowest BCUT2D eigenvalue weighted by atomic mass is 10.2. The highest BCUT2D eigenvalue weighted by Gasteiger charge is 2.39. The van der Waals surface area contributed by atoms with E-state index in [4.69, 9.17) is 16.3 Å². The summed E-state index contributed by atoms with van der Waals surface area (Å²) in [5, 5.41) is 4.91. The van der Waals surface area contributed by atoms with Crippen molar-refractivity contribution in [2.24, 2.45) is 5.41 Å². The molecule has 2 aliphatic rings. The first-order chi connectivity index (χ1) is 17.6. The van der Waals surface area contributed by atoms with Crippen molar-refractivity contribution >= 4 is 49.9 Å². The summed E-state index contributed by atoms with van der Waals surface area (Å²) in [6.45, 7) is 4.09. The summed E-state index contributed by atoms with van der Waals surface area (Å²) in [6, 6.07) is 14.5. The van der Waals surface area contributed by atoms with Gasteiger partial charge in [-0.15, -0.1) is 0 Å². The van der Waals surface area contributed by atoms with Crippen LogP contribution in [0, 0.1) is 8.99 Å². The Bertz CT molecular complexity index is 1470. The molecule has 3 aromatic rings. The molecule has 1 saturated carbocycles. The van der Waals surface area contributed by atoms with E-state index in [1.54, 1.807) is 30.5 Å². The van der Waals surface area contributed by atoms with Crippen LogP contribution in [0.15, 0.2) is 59.5 Å². The molecule has 11 heteroatoms. The molecule has 0 radical (unpaired) electrons. The molecule has 2 fully saturated rings. The van der Waals surface area contributed by atoms with Crippen LogP contribution in [0.1, 0.15) is 25.3 Å². The average Bonchev–Trinajstić information content (AvgIpc) is 3.60. The van der Waals surface area contributed by atoms with Crippen molar-refractivity contribution in [1.82, 2.24) is 14.1 Å². The number of ether oxygens (including phenoxy) is 1. The van der Waals surface area contributed by atoms with Gasteiger partial charge in [0.05, 0.1) is 24.2 Å². The van der Waals surface area contributed by atoms with Crippen molar-refractivity contribution in [3.63, 3.8) is 0 Å². The minimum Gasteiger partial charge on any atom is -0.486 e. The van der Waals surface area contributed by atoms with Gasteiger partial charge in [0.1, 0.15) is 5.69 Å². The normalized spacial score (nSPS) is 17.5. The molecule has 0 amide bonds. The monoisotopic (exact) mass is 654 g/mol. The number of halogens is 2. The Balaban J connectivity index is 1.37. The van der Waals surface area contributed by atoms with E-state index in [-0.39, 0.29) is 22.5 Å². The van der Waals surface area contributed by atoms with Crippen LogP contribution in [0.3, 0.4) is 0 Å². The number of anilines is 1. The molecule has 2 aromatic carbocycles. The van der Waals surface area contributed by atoms with Crippen molar-refractivity contribution in [3.05, 3.63) is 79.2 Å². The third kappa shape index (κ3) is 6.13. The van der Waals surface area contributed by atoms with Crippen LogP contribution in [0.25, 0.3) is 5.69 Å². The highest BCUT2D eigenvalue weighted by molar-refractivity contribution is 14.1. The van der Waals surface area contributed by atoms with E-state index in [9.17, 15) is 13.2 Å². The molecule has 0 atom stereocenters. The number of hydrogen-bond acceptors (Lipinski definition) is 6. The first-order valence-electron chi connectivity index (χ1n) is 12.1. The molecule has 0 unspecified atom stereocenters. The Hall–Kier alpha value is -2.15. The van der Waals surface area contributed by atoms with Gasteiger partial charge in [0.15, 0.2) is 0 Å². The van der Waals surface area contributed by atoms with Crippen molar-refractivity contribution in [2.75, 3.05) is 37.7 Å². The zero-order valence-electron chi connectivity index (χ0n) is 20.4. The van der Waals surface area contributed by atoms with Crippen LogP contribution >= 0.6 is 34.2 Å². The summed E-state index contributed by atoms with van der Waals surface area (Å²) in [5.41, 5.74) is 1.63. The number of hydrogen-bond donors (Lipinski definition) is 0. The van der Waals surface area contributed by atoms with E-state index in [1.165, 1.54) is 8.99 Å². The Morgan fingerprint density at radius 2 is 1.81 bits per heavy atom. The summed E-state index contributed by atoms with van der Waals surface area (Å²) in [5.74, 6) is 0.201. The second kappa shape index (κ2) is 10.5. The largest absolute Gasteiger partial charge is 0.486 e. The van der Waals surface area contributed by atoms with Crippen molar-refractivity contribution in [3.8, 4) is 11.4 Å². The molecule has 2 heterocycles. The molecule has 1 aliphatic carbocycles. The van der Waals surface area contributed by atoms with Crippen LogP contribution in [0.5, 0.6) is 5.75 Å². The lowest BCUT2D eigenvalue weighted by molar-refractivity contribution is 0.242. The third-order valence-corrected chi connectivity index (χ3v) is 9.60. The topological polar surface area (TPSA) is 84.7 Å². The summed E-state index contributed by atoms with van der Waals surface area (Å²) in [7, 11) is -3.47. The zero-order valence-corrected chi connectivity index (χ0v) is 24.2. The standard InChI is InChI=1S/C26H28ClIN4O4S/c1-26(8-9-26)18-36-24-23(16-29-32(25(24)33)22-7-3-5-20(27)15-22)30-10-12-31(13-11-30)37(34,35)17-19-4-2-6-21(28)14-19/h2-7,14-16H,8-13,17-18H2,1H3. The maximum absolute atomic E-state index is 13.5. The Labute approximate surface area is 235 Å². The van der Waals surface area contributed by atoms with Crippen LogP contribution in [-0.4, -0.2) is 55.3 Å². The van der Waals surface area contributed by atoms with Gasteiger partial charge < -0.3 is 9.64 Å². The number of piperazine rings is 1. The number of aromatic nitrogens is 2. The number of rotatable bonds is 8. The van der Waals surface area contributed by atoms with Gasteiger partial charge in [-0.25, -0.2) is 8.42 Å². The maximum atomic E-state index is 13.5. The molecule has 37 heavy (non-hydrogen) atoms. The minimum absolute atomic E-state index is 0.0337. The van der Waals surface area contributed by atoms with Crippen molar-refractivity contribution in [2.45, 2.75) is 25.5 Å². The predicted molar refractivity (Wildman–Crippen MR) is 153 cm³/mol. The van der Waals surface area contributed by atoms with Crippen LogP contribution in [0.4, 0.5) is 5.69 Å². The fraction of sp³-hybridized carbons (Fsp3) is 0.385. The Morgan fingerprint density at radius 1 is 1.08 bits per heavy atom. The number of sulfonamides is 1. The smallest absolute Gasteiger partial charge is 0.316 e. The molecule has 5 rings (SSSR count). The van der Waals surface area contributed by atoms with Gasteiger partial charge in [0.2, 0.25) is 15.8 Å². The molecular weight excluding hydrogens is 627 g/mol. The minimum atomic E-state index is -3.47. The van der Waals surface area contributed by atoms with E-state index >= 15 is 0 Å². The summed E-state index contributed by atoms with van der Waals surface area (Å²) in [6.07, 6.45) is 3.75. The molecule has 196 valence electrons. The number of benzene rings is 2. The van der Waals surface area contributed by atoms with E-state index < -0.39 is 10.0 Å². The van der Waals surface area contributed by atoms with Gasteiger partial charge in [-0.3, -0.25) is 4.79 Å². The molecule has 0 bridgehead atoms. The van der Waals surface area contributed by atoms with Gasteiger partial charge >= 0.3 is 5.56 Å². The van der Waals surface area contributed by atoms with Crippen LogP contribution < -0.4 is 15.2 Å². The van der Waals surface area contributed by atoms with E-state index in [1.807, 2.05) is 29.2 Å². The fourth-order valence-electron chi connectivity index (χ4n) is 4.32. The highest BCUT2D eigenvalue weighted by Crippen LogP contribution is 2.45. The van der Waals surface area contributed by atoms with E-state index in [2.05, 4.69) is 34.6 Å². The molecular formula is C26H28ClIN4O4S. The molecule has 1 aliphatic heterocycles. The Kier molecular flexibility index (Phi) is 7.54. The lowest BCUT2D eigenvalue weighted by Gasteiger charge is -2.35. The van der Waals surface area contributed by atoms with Crippen molar-refractivity contribution < 1.29 is 13.2 Å². The Morgan fingerprint density at radius 3 is 2.49 bits per heavy atom. The highest BCUT2D eigenvalue weighted by atomic mass is 127. The van der Waals surface area contributed by atoms with Gasteiger partial charge in [-0.2, -0.15) is 14.1 Å². The zero-order chi connectivity index (χ0) is 26.2. The summed E-state index contributed by atoms with van der Waals surface area (Å²) in [4.78, 5) is 15.5. The summed E-state index contributed by atoms with van der Waals surface area (Å²) < 4.78 is 36.1. The van der Waals surface area contributed by atoms with Crippen molar-refractivity contribution in [1.29, 1.82) is 0 Å². The maximum Gasteiger partial charge on any atom is 0.316 e. The number of nitrogens with zero attached hydrogens (tertiary/aromatic N) is 4. The van der Waals surface area contributed by atoms with Crippen LogP contribution in [0.2, 0.25) is 5.02 Å².